The number of hydrogen-bond donors (Lipinski definition) is 1. The average Bonchev–Trinajstić information content (AvgIpc) is 3.45. The normalized spacial score (nSPS) is 23.1. The lowest BCUT2D eigenvalue weighted by molar-refractivity contribution is -0.135. The fraction of sp³-hybridized carbons (Fsp3) is 0.308. The Morgan fingerprint density at radius 2 is 1.62 bits per heavy atom. The summed E-state index contributed by atoms with van der Waals surface area (Å²) in [7, 11) is 0. The molecule has 13 heteroatoms. The van der Waals surface area contributed by atoms with E-state index in [2.05, 4.69) is 9.97 Å². The highest BCUT2D eigenvalue weighted by atomic mass is 35.5. The van der Waals surface area contributed by atoms with E-state index in [0.717, 1.165) is 0 Å². The molecule has 1 aliphatic rings. The highest BCUT2D eigenvalue weighted by molar-refractivity contribution is 6.35. The van der Waals surface area contributed by atoms with Crippen LogP contribution in [0.5, 0.6) is 0 Å². The van der Waals surface area contributed by atoms with E-state index in [1.54, 1.807) is 48.7 Å². The largest absolute Gasteiger partial charge is 0.380 e. The van der Waals surface area contributed by atoms with Crippen molar-refractivity contribution in [2.75, 3.05) is 13.3 Å². The minimum atomic E-state index is -2.12. The third-order valence-electron chi connectivity index (χ3n) is 6.48. The highest BCUT2D eigenvalue weighted by Crippen LogP contribution is 2.43. The Labute approximate surface area is 248 Å². The number of ether oxygens (including phenoxy) is 3. The average molecular weight is 636 g/mol. The van der Waals surface area contributed by atoms with Gasteiger partial charge in [0.15, 0.2) is 11.8 Å². The fourth-order valence-electron chi connectivity index (χ4n) is 4.52. The van der Waals surface area contributed by atoms with Crippen LogP contribution in [0.4, 0.5) is 4.39 Å². The number of aromatic nitrogens is 3. The van der Waals surface area contributed by atoms with E-state index >= 15 is 0 Å². The molecule has 2 aromatic carbocycles. The number of fused-ring (bicyclic) bond motifs is 1. The lowest BCUT2D eigenvalue weighted by Crippen LogP contribution is -2.50. The molecule has 0 spiro atoms. The monoisotopic (exact) mass is 633 g/mol. The Morgan fingerprint density at radius 1 is 0.949 bits per heavy atom. The van der Waals surface area contributed by atoms with E-state index in [1.807, 2.05) is 0 Å². The Balaban J connectivity index is 1.43. The van der Waals surface area contributed by atoms with Gasteiger partial charge in [-0.15, -0.1) is 0 Å². The number of rotatable bonds is 9. The van der Waals surface area contributed by atoms with E-state index in [4.69, 9.17) is 72.2 Å². The molecule has 2 aromatic heterocycles. The quantitative estimate of drug-likeness (QED) is 0.198. The van der Waals surface area contributed by atoms with Crippen molar-refractivity contribution >= 4 is 69.0 Å². The molecular weight excluding hydrogens is 615 g/mol. The third-order valence-corrected chi connectivity index (χ3v) is 7.95. The molecule has 39 heavy (non-hydrogen) atoms. The van der Waals surface area contributed by atoms with Crippen LogP contribution in [0, 0.1) is 0 Å². The second-order valence-corrected chi connectivity index (χ2v) is 11.0. The van der Waals surface area contributed by atoms with Gasteiger partial charge >= 0.3 is 0 Å². The standard InChI is InChI=1S/C26H21Cl5FN3O4/c27-16-3-1-14(19(29)7-16)9-37-11-21-22(38-10-15-2-4-17(28)8-20(15)30)26(36,12-32)25(39-21)35-6-5-18-23(31)33-13-34-24(18)35/h1-8,13,21-22,25,36H,9-12H2/t21-,22-,25-,26-/m1/s1. The molecule has 7 nitrogen and oxygen atoms in total. The van der Waals surface area contributed by atoms with Gasteiger partial charge in [-0.05, 0) is 41.5 Å². The zero-order valence-electron chi connectivity index (χ0n) is 20.0. The summed E-state index contributed by atoms with van der Waals surface area (Å²) in [4.78, 5) is 8.23. The lowest BCUT2D eigenvalue weighted by Gasteiger charge is -2.32. The molecule has 206 valence electrons. The Bertz CT molecular complexity index is 1490. The summed E-state index contributed by atoms with van der Waals surface area (Å²) in [6.45, 7) is -1.15. The number of halogens is 6. The molecule has 1 aliphatic heterocycles. The molecule has 1 fully saturated rings. The smallest absolute Gasteiger partial charge is 0.170 e. The molecule has 0 unspecified atom stereocenters. The minimum absolute atomic E-state index is 0.0427. The van der Waals surface area contributed by atoms with E-state index in [0.29, 0.717) is 42.3 Å². The van der Waals surface area contributed by atoms with Crippen molar-refractivity contribution < 1.29 is 23.7 Å². The Morgan fingerprint density at radius 3 is 2.26 bits per heavy atom. The van der Waals surface area contributed by atoms with Crippen LogP contribution >= 0.6 is 58.0 Å². The van der Waals surface area contributed by atoms with Crippen molar-refractivity contribution in [3.05, 3.63) is 91.4 Å². The van der Waals surface area contributed by atoms with Crippen molar-refractivity contribution in [1.29, 1.82) is 0 Å². The topological polar surface area (TPSA) is 78.6 Å². The molecule has 0 saturated carbocycles. The number of benzene rings is 2. The first-order chi connectivity index (χ1) is 18.7. The maximum atomic E-state index is 14.8. The van der Waals surface area contributed by atoms with Gasteiger partial charge in [0.1, 0.15) is 36.0 Å². The van der Waals surface area contributed by atoms with Crippen molar-refractivity contribution in [3.63, 3.8) is 0 Å². The van der Waals surface area contributed by atoms with Crippen LogP contribution in [0.15, 0.2) is 55.0 Å². The van der Waals surface area contributed by atoms with Gasteiger partial charge in [-0.2, -0.15) is 0 Å². The molecule has 4 atom stereocenters. The van der Waals surface area contributed by atoms with Crippen molar-refractivity contribution in [2.45, 2.75) is 37.3 Å². The van der Waals surface area contributed by atoms with Crippen LogP contribution < -0.4 is 0 Å². The maximum Gasteiger partial charge on any atom is 0.170 e. The number of alkyl halides is 1. The van der Waals surface area contributed by atoms with Crippen molar-refractivity contribution in [1.82, 2.24) is 14.5 Å². The van der Waals surface area contributed by atoms with Crippen LogP contribution in [0.3, 0.4) is 0 Å². The molecule has 1 saturated heterocycles. The molecule has 0 bridgehead atoms. The van der Waals surface area contributed by atoms with Gasteiger partial charge in [-0.1, -0.05) is 70.1 Å². The zero-order chi connectivity index (χ0) is 27.7. The van der Waals surface area contributed by atoms with Gasteiger partial charge < -0.3 is 23.9 Å². The summed E-state index contributed by atoms with van der Waals surface area (Å²) < 4.78 is 34.5. The second-order valence-electron chi connectivity index (χ2n) is 8.99. The summed E-state index contributed by atoms with van der Waals surface area (Å²) in [5.41, 5.74) is -0.455. The first kappa shape index (κ1) is 28.8. The van der Waals surface area contributed by atoms with Crippen LogP contribution in [0.1, 0.15) is 17.4 Å². The minimum Gasteiger partial charge on any atom is -0.380 e. The molecule has 0 radical (unpaired) electrons. The van der Waals surface area contributed by atoms with Crippen LogP contribution in [0.25, 0.3) is 11.0 Å². The first-order valence-electron chi connectivity index (χ1n) is 11.7. The van der Waals surface area contributed by atoms with Gasteiger partial charge in [0.25, 0.3) is 0 Å². The van der Waals surface area contributed by atoms with Crippen molar-refractivity contribution in [3.8, 4) is 0 Å². The van der Waals surface area contributed by atoms with Gasteiger partial charge in [-0.25, -0.2) is 14.4 Å². The van der Waals surface area contributed by atoms with Gasteiger partial charge in [0.2, 0.25) is 0 Å². The summed E-state index contributed by atoms with van der Waals surface area (Å²) >= 11 is 30.8. The number of hydrogen-bond acceptors (Lipinski definition) is 6. The molecule has 3 heterocycles. The van der Waals surface area contributed by atoms with Crippen LogP contribution in [0.2, 0.25) is 25.2 Å². The zero-order valence-corrected chi connectivity index (χ0v) is 23.8. The number of nitrogens with zero attached hydrogens (tertiary/aromatic N) is 3. The van der Waals surface area contributed by atoms with Gasteiger partial charge in [-0.3, -0.25) is 0 Å². The summed E-state index contributed by atoms with van der Waals surface area (Å²) in [5.74, 6) is 0. The van der Waals surface area contributed by atoms with Crippen LogP contribution in [-0.2, 0) is 27.4 Å². The van der Waals surface area contributed by atoms with Gasteiger partial charge in [0, 0.05) is 26.3 Å². The molecule has 5 rings (SSSR count). The van der Waals surface area contributed by atoms with E-state index in [9.17, 15) is 9.50 Å². The maximum absolute atomic E-state index is 14.8. The van der Waals surface area contributed by atoms with E-state index in [1.165, 1.54) is 10.9 Å². The first-order valence-corrected chi connectivity index (χ1v) is 13.6. The predicted molar refractivity (Wildman–Crippen MR) is 149 cm³/mol. The van der Waals surface area contributed by atoms with Gasteiger partial charge in [0.05, 0.1) is 25.2 Å². The third kappa shape index (κ3) is 5.86. The highest BCUT2D eigenvalue weighted by Gasteiger charge is 2.58. The molecule has 1 N–H and O–H groups in total. The van der Waals surface area contributed by atoms with Crippen LogP contribution in [-0.4, -0.2) is 50.7 Å². The van der Waals surface area contributed by atoms with Crippen molar-refractivity contribution in [2.24, 2.45) is 0 Å². The molecule has 0 amide bonds. The number of aliphatic hydroxyl groups is 1. The molecule has 0 aliphatic carbocycles. The Hall–Kier alpha value is -1.72. The fourth-order valence-corrected chi connectivity index (χ4v) is 5.63. The molecule has 4 aromatic rings. The lowest BCUT2D eigenvalue weighted by atomic mass is 9.95. The summed E-state index contributed by atoms with van der Waals surface area (Å²) in [5, 5.41) is 14.2. The summed E-state index contributed by atoms with van der Waals surface area (Å²) in [6.07, 6.45) is -0.389. The Kier molecular flexibility index (Phi) is 8.88. The van der Waals surface area contributed by atoms with E-state index < -0.39 is 30.7 Å². The summed E-state index contributed by atoms with van der Waals surface area (Å²) in [6, 6.07) is 11.6. The predicted octanol–water partition coefficient (Wildman–Crippen LogP) is 7.10. The van der Waals surface area contributed by atoms with E-state index in [-0.39, 0.29) is 25.0 Å². The molecular formula is C26H21Cl5FN3O4. The SMILES string of the molecule is O[C@]1(CF)[C@H](OCc2ccc(Cl)cc2Cl)[C@@H](COCc2ccc(Cl)cc2Cl)O[C@H]1n1ccc2c(Cl)ncnc21. The second kappa shape index (κ2) is 12.0.